The summed E-state index contributed by atoms with van der Waals surface area (Å²) in [4.78, 5) is 15.9. The lowest BCUT2D eigenvalue weighted by molar-refractivity contribution is -0.125. The maximum absolute atomic E-state index is 11.7. The first kappa shape index (κ1) is 14.7. The fourth-order valence-electron chi connectivity index (χ4n) is 1.67. The third kappa shape index (κ3) is 4.14. The third-order valence-electron chi connectivity index (χ3n) is 3.26. The number of amides is 1. The summed E-state index contributed by atoms with van der Waals surface area (Å²) in [7, 11) is 0. The molecule has 1 amide bonds. The van der Waals surface area contributed by atoms with Crippen LogP contribution in [0.2, 0.25) is 0 Å². The Hall–Kier alpha value is -1.36. The van der Waals surface area contributed by atoms with E-state index in [0.29, 0.717) is 12.5 Å². The molecule has 0 aliphatic rings. The number of nitrogens with two attached hydrogens (primary N) is 1. The first-order valence-electron chi connectivity index (χ1n) is 6.42. The van der Waals surface area contributed by atoms with Crippen molar-refractivity contribution in [1.29, 1.82) is 0 Å². The largest absolute Gasteiger partial charge is 0.355 e. The van der Waals surface area contributed by atoms with Crippen molar-refractivity contribution in [3.63, 3.8) is 0 Å². The molecule has 3 atom stereocenters. The number of aromatic nitrogens is 2. The molecule has 102 valence electrons. The number of carbonyl (C=O) groups is 1. The first-order chi connectivity index (χ1) is 8.41. The molecule has 0 saturated heterocycles. The van der Waals surface area contributed by atoms with Gasteiger partial charge >= 0.3 is 0 Å². The van der Waals surface area contributed by atoms with Gasteiger partial charge in [0.2, 0.25) is 5.91 Å². The van der Waals surface area contributed by atoms with E-state index in [-0.39, 0.29) is 17.9 Å². The first-order valence-corrected chi connectivity index (χ1v) is 6.42. The zero-order chi connectivity index (χ0) is 13.7. The smallest absolute Gasteiger partial charge is 0.224 e. The van der Waals surface area contributed by atoms with Crippen LogP contribution in [0.4, 0.5) is 0 Å². The Labute approximate surface area is 109 Å². The molecule has 1 aromatic rings. The highest BCUT2D eigenvalue weighted by atomic mass is 16.1. The summed E-state index contributed by atoms with van der Waals surface area (Å²) in [6, 6.07) is -0.115. The fraction of sp³-hybridized carbons (Fsp3) is 0.692. The SMILES string of the molecule is Cc1nccn1CC(C)CNC(=O)C(C)C(C)N. The van der Waals surface area contributed by atoms with E-state index in [9.17, 15) is 4.79 Å². The molecule has 5 heteroatoms. The summed E-state index contributed by atoms with van der Waals surface area (Å²) in [6.07, 6.45) is 3.75. The van der Waals surface area contributed by atoms with Crippen LogP contribution in [0.1, 0.15) is 26.6 Å². The van der Waals surface area contributed by atoms with Crippen molar-refractivity contribution >= 4 is 5.91 Å². The quantitative estimate of drug-likeness (QED) is 0.791. The van der Waals surface area contributed by atoms with E-state index in [2.05, 4.69) is 21.8 Å². The van der Waals surface area contributed by atoms with Crippen molar-refractivity contribution in [2.45, 2.75) is 40.3 Å². The molecule has 0 aromatic carbocycles. The molecule has 0 bridgehead atoms. The molecule has 3 N–H and O–H groups in total. The van der Waals surface area contributed by atoms with Crippen LogP contribution in [-0.2, 0) is 11.3 Å². The van der Waals surface area contributed by atoms with Crippen molar-refractivity contribution in [1.82, 2.24) is 14.9 Å². The van der Waals surface area contributed by atoms with Gasteiger partial charge in [-0.2, -0.15) is 0 Å². The molecular weight excluding hydrogens is 228 g/mol. The van der Waals surface area contributed by atoms with Crippen LogP contribution < -0.4 is 11.1 Å². The van der Waals surface area contributed by atoms with Crippen molar-refractivity contribution in [3.8, 4) is 0 Å². The standard InChI is InChI=1S/C13H24N4O/c1-9(8-17-6-5-15-12(17)4)7-16-13(18)10(2)11(3)14/h5-6,9-11H,7-8,14H2,1-4H3,(H,16,18). The molecule has 1 heterocycles. The Balaban J connectivity index is 2.36. The van der Waals surface area contributed by atoms with Gasteiger partial charge in [-0.15, -0.1) is 0 Å². The molecule has 1 rings (SSSR count). The average Bonchev–Trinajstić information content (AvgIpc) is 2.70. The summed E-state index contributed by atoms with van der Waals surface area (Å²) < 4.78 is 2.09. The zero-order valence-corrected chi connectivity index (χ0v) is 11.7. The summed E-state index contributed by atoms with van der Waals surface area (Å²) in [5.41, 5.74) is 5.70. The van der Waals surface area contributed by atoms with E-state index < -0.39 is 0 Å². The van der Waals surface area contributed by atoms with E-state index in [1.165, 1.54) is 0 Å². The highest BCUT2D eigenvalue weighted by molar-refractivity contribution is 5.78. The molecule has 0 spiro atoms. The average molecular weight is 252 g/mol. The molecular formula is C13H24N4O. The third-order valence-corrected chi connectivity index (χ3v) is 3.26. The van der Waals surface area contributed by atoms with Gasteiger partial charge in [0.1, 0.15) is 5.82 Å². The summed E-state index contributed by atoms with van der Waals surface area (Å²) in [5, 5.41) is 2.94. The molecule has 0 aliphatic carbocycles. The zero-order valence-electron chi connectivity index (χ0n) is 11.7. The molecule has 0 fully saturated rings. The Morgan fingerprint density at radius 2 is 2.17 bits per heavy atom. The predicted octanol–water partition coefficient (Wildman–Crippen LogP) is 0.927. The van der Waals surface area contributed by atoms with E-state index in [1.807, 2.05) is 27.0 Å². The highest BCUT2D eigenvalue weighted by Crippen LogP contribution is 2.04. The summed E-state index contributed by atoms with van der Waals surface area (Å²) in [6.45, 7) is 9.30. The topological polar surface area (TPSA) is 72.9 Å². The minimum absolute atomic E-state index is 0.0270. The number of hydrogen-bond donors (Lipinski definition) is 2. The van der Waals surface area contributed by atoms with Crippen LogP contribution in [0.3, 0.4) is 0 Å². The van der Waals surface area contributed by atoms with Crippen LogP contribution in [0.25, 0.3) is 0 Å². The lowest BCUT2D eigenvalue weighted by Gasteiger charge is -2.18. The number of imidazole rings is 1. The van der Waals surface area contributed by atoms with Crippen molar-refractivity contribution in [2.75, 3.05) is 6.54 Å². The molecule has 0 saturated carbocycles. The Bertz CT molecular complexity index is 386. The molecule has 5 nitrogen and oxygen atoms in total. The predicted molar refractivity (Wildman–Crippen MR) is 72.0 cm³/mol. The van der Waals surface area contributed by atoms with Crippen molar-refractivity contribution in [3.05, 3.63) is 18.2 Å². The Morgan fingerprint density at radius 1 is 1.50 bits per heavy atom. The van der Waals surface area contributed by atoms with E-state index in [1.54, 1.807) is 6.20 Å². The lowest BCUT2D eigenvalue weighted by Crippen LogP contribution is -2.40. The number of nitrogens with zero attached hydrogens (tertiary/aromatic N) is 2. The molecule has 3 unspecified atom stereocenters. The van der Waals surface area contributed by atoms with Gasteiger partial charge in [0, 0.05) is 37.4 Å². The minimum atomic E-state index is -0.146. The van der Waals surface area contributed by atoms with Crippen LogP contribution >= 0.6 is 0 Å². The van der Waals surface area contributed by atoms with E-state index in [0.717, 1.165) is 12.4 Å². The van der Waals surface area contributed by atoms with Crippen LogP contribution in [0, 0.1) is 18.8 Å². The maximum Gasteiger partial charge on any atom is 0.224 e. The Morgan fingerprint density at radius 3 is 2.67 bits per heavy atom. The summed E-state index contributed by atoms with van der Waals surface area (Å²) in [5.74, 6) is 1.24. The fourth-order valence-corrected chi connectivity index (χ4v) is 1.67. The van der Waals surface area contributed by atoms with Crippen molar-refractivity contribution in [2.24, 2.45) is 17.6 Å². The lowest BCUT2D eigenvalue weighted by atomic mass is 10.0. The number of carbonyl (C=O) groups excluding carboxylic acids is 1. The van der Waals surface area contributed by atoms with Gasteiger partial charge in [-0.25, -0.2) is 4.98 Å². The second-order valence-electron chi connectivity index (χ2n) is 5.12. The van der Waals surface area contributed by atoms with E-state index >= 15 is 0 Å². The normalized spacial score (nSPS) is 16.1. The summed E-state index contributed by atoms with van der Waals surface area (Å²) >= 11 is 0. The van der Waals surface area contributed by atoms with Gasteiger partial charge in [-0.1, -0.05) is 13.8 Å². The Kier molecular flexibility index (Phi) is 5.34. The van der Waals surface area contributed by atoms with Crippen LogP contribution in [-0.4, -0.2) is 28.0 Å². The number of hydrogen-bond acceptors (Lipinski definition) is 3. The highest BCUT2D eigenvalue weighted by Gasteiger charge is 2.17. The second-order valence-corrected chi connectivity index (χ2v) is 5.12. The van der Waals surface area contributed by atoms with Crippen LogP contribution in [0.15, 0.2) is 12.4 Å². The van der Waals surface area contributed by atoms with Gasteiger partial charge in [0.25, 0.3) is 0 Å². The van der Waals surface area contributed by atoms with Gasteiger partial charge in [-0.3, -0.25) is 4.79 Å². The van der Waals surface area contributed by atoms with Crippen molar-refractivity contribution < 1.29 is 4.79 Å². The second kappa shape index (κ2) is 6.54. The van der Waals surface area contributed by atoms with Gasteiger partial charge in [0.05, 0.1) is 0 Å². The number of rotatable bonds is 6. The minimum Gasteiger partial charge on any atom is -0.355 e. The van der Waals surface area contributed by atoms with Crippen LogP contribution in [0.5, 0.6) is 0 Å². The monoisotopic (exact) mass is 252 g/mol. The maximum atomic E-state index is 11.7. The van der Waals surface area contributed by atoms with Gasteiger partial charge < -0.3 is 15.6 Å². The number of aryl methyl sites for hydroxylation is 1. The molecule has 1 aromatic heterocycles. The molecule has 0 radical (unpaired) electrons. The molecule has 18 heavy (non-hydrogen) atoms. The van der Waals surface area contributed by atoms with E-state index in [4.69, 9.17) is 5.73 Å². The molecule has 0 aliphatic heterocycles. The number of nitrogens with one attached hydrogen (secondary N) is 1. The van der Waals surface area contributed by atoms with Gasteiger partial charge in [-0.05, 0) is 19.8 Å². The van der Waals surface area contributed by atoms with Gasteiger partial charge in [0.15, 0.2) is 0 Å².